The van der Waals surface area contributed by atoms with Gasteiger partial charge in [0.25, 0.3) is 5.91 Å². The first-order chi connectivity index (χ1) is 10.3. The van der Waals surface area contributed by atoms with Crippen molar-refractivity contribution in [3.63, 3.8) is 0 Å². The number of carbonyl (C=O) groups is 1. The molecule has 1 aliphatic carbocycles. The molecule has 116 valence electrons. The minimum absolute atomic E-state index is 0.165. The molecule has 3 rings (SSSR count). The highest BCUT2D eigenvalue weighted by Crippen LogP contribution is 2.33. The summed E-state index contributed by atoms with van der Waals surface area (Å²) in [7, 11) is 0. The molecule has 1 amide bonds. The Kier molecular flexibility index (Phi) is 4.60. The molecule has 0 bridgehead atoms. The van der Waals surface area contributed by atoms with Gasteiger partial charge in [-0.25, -0.2) is 0 Å². The molecule has 1 saturated carbocycles. The van der Waals surface area contributed by atoms with E-state index >= 15 is 0 Å². The average Bonchev–Trinajstić information content (AvgIpc) is 2.76. The van der Waals surface area contributed by atoms with Gasteiger partial charge in [0.05, 0.1) is 6.61 Å². The molecule has 1 aliphatic heterocycles. The molecular weight excluding hydrogens is 266 g/mol. The molecule has 5 heteroatoms. The van der Waals surface area contributed by atoms with Crippen LogP contribution in [0.5, 0.6) is 0 Å². The maximum Gasteiger partial charge on any atom is 0.270 e. The smallest absolute Gasteiger partial charge is 0.270 e. The number of nitrogens with zero attached hydrogens (tertiary/aromatic N) is 3. The largest absolute Gasteiger partial charge is 0.395 e. The van der Waals surface area contributed by atoms with Gasteiger partial charge in [0.1, 0.15) is 5.69 Å². The van der Waals surface area contributed by atoms with Crippen LogP contribution in [0.2, 0.25) is 0 Å². The van der Waals surface area contributed by atoms with Crippen LogP contribution in [0.1, 0.15) is 42.2 Å². The summed E-state index contributed by atoms with van der Waals surface area (Å²) in [5, 5.41) is 9.04. The predicted molar refractivity (Wildman–Crippen MR) is 81.4 cm³/mol. The molecule has 1 N–H and O–H groups in total. The van der Waals surface area contributed by atoms with Crippen molar-refractivity contribution in [1.82, 2.24) is 14.4 Å². The summed E-state index contributed by atoms with van der Waals surface area (Å²) in [6.07, 6.45) is 6.69. The Labute approximate surface area is 126 Å². The van der Waals surface area contributed by atoms with Gasteiger partial charge in [0, 0.05) is 38.4 Å². The van der Waals surface area contributed by atoms with E-state index < -0.39 is 0 Å². The van der Waals surface area contributed by atoms with Crippen molar-refractivity contribution < 1.29 is 9.90 Å². The van der Waals surface area contributed by atoms with E-state index in [1.54, 1.807) is 0 Å². The van der Waals surface area contributed by atoms with E-state index in [0.717, 1.165) is 38.3 Å². The monoisotopic (exact) mass is 291 g/mol. The molecule has 0 spiro atoms. The van der Waals surface area contributed by atoms with Gasteiger partial charge in [0.15, 0.2) is 0 Å². The normalized spacial score (nSPS) is 21.1. The lowest BCUT2D eigenvalue weighted by atomic mass is 9.93. The van der Waals surface area contributed by atoms with Crippen molar-refractivity contribution >= 4 is 5.91 Å². The highest BCUT2D eigenvalue weighted by Gasteiger charge is 2.26. The van der Waals surface area contributed by atoms with Crippen LogP contribution in [0.15, 0.2) is 18.3 Å². The van der Waals surface area contributed by atoms with E-state index in [9.17, 15) is 4.79 Å². The summed E-state index contributed by atoms with van der Waals surface area (Å²) in [5.74, 6) is 0.165. The van der Waals surface area contributed by atoms with E-state index in [2.05, 4.69) is 9.47 Å². The van der Waals surface area contributed by atoms with E-state index in [1.807, 2.05) is 23.2 Å². The van der Waals surface area contributed by atoms with Gasteiger partial charge in [-0.3, -0.25) is 9.69 Å². The van der Waals surface area contributed by atoms with Gasteiger partial charge in [-0.15, -0.1) is 0 Å². The zero-order valence-electron chi connectivity index (χ0n) is 12.6. The van der Waals surface area contributed by atoms with Crippen LogP contribution in [0, 0.1) is 0 Å². The third-order valence-electron chi connectivity index (χ3n) is 4.76. The van der Waals surface area contributed by atoms with Crippen LogP contribution in [0.3, 0.4) is 0 Å². The Morgan fingerprint density at radius 2 is 2.05 bits per heavy atom. The SMILES string of the molecule is O=C(c1cccn1C1CCC1)N1CCCN(CCO)CC1. The first kappa shape index (κ1) is 14.6. The number of aliphatic hydroxyl groups is 1. The van der Waals surface area contributed by atoms with Gasteiger partial charge in [-0.1, -0.05) is 0 Å². The zero-order valence-corrected chi connectivity index (χ0v) is 12.6. The van der Waals surface area contributed by atoms with E-state index in [0.29, 0.717) is 12.6 Å². The summed E-state index contributed by atoms with van der Waals surface area (Å²) in [5.41, 5.74) is 0.843. The fourth-order valence-corrected chi connectivity index (χ4v) is 3.26. The molecule has 5 nitrogen and oxygen atoms in total. The van der Waals surface area contributed by atoms with Gasteiger partial charge >= 0.3 is 0 Å². The second-order valence-electron chi connectivity index (χ2n) is 6.10. The molecular formula is C16H25N3O2. The maximum atomic E-state index is 12.8. The van der Waals surface area contributed by atoms with Crippen molar-refractivity contribution in [1.29, 1.82) is 0 Å². The number of hydrogen-bond donors (Lipinski definition) is 1. The average molecular weight is 291 g/mol. The Hall–Kier alpha value is -1.33. The lowest BCUT2D eigenvalue weighted by molar-refractivity contribution is 0.0743. The first-order valence-electron chi connectivity index (χ1n) is 8.09. The quantitative estimate of drug-likeness (QED) is 0.911. The summed E-state index contributed by atoms with van der Waals surface area (Å²) < 4.78 is 2.17. The molecule has 1 aromatic heterocycles. The van der Waals surface area contributed by atoms with E-state index in [-0.39, 0.29) is 12.5 Å². The van der Waals surface area contributed by atoms with Crippen molar-refractivity contribution in [2.75, 3.05) is 39.3 Å². The maximum absolute atomic E-state index is 12.8. The van der Waals surface area contributed by atoms with Crippen LogP contribution in [0.25, 0.3) is 0 Å². The number of hydrogen-bond acceptors (Lipinski definition) is 3. The summed E-state index contributed by atoms with van der Waals surface area (Å²) in [4.78, 5) is 17.0. The molecule has 0 atom stereocenters. The number of rotatable bonds is 4. The van der Waals surface area contributed by atoms with Gasteiger partial charge < -0.3 is 14.6 Å². The van der Waals surface area contributed by atoms with Crippen molar-refractivity contribution in [3.05, 3.63) is 24.0 Å². The second kappa shape index (κ2) is 6.62. The fourth-order valence-electron chi connectivity index (χ4n) is 3.26. The molecule has 2 aliphatic rings. The molecule has 1 saturated heterocycles. The molecule has 2 heterocycles. The van der Waals surface area contributed by atoms with Crippen LogP contribution in [-0.2, 0) is 0 Å². The standard InChI is InChI=1S/C16H25N3O2/c20-13-12-17-7-3-8-18(11-10-17)16(21)15-6-2-9-19(15)14-4-1-5-14/h2,6,9,14,20H,1,3-5,7-8,10-13H2. The van der Waals surface area contributed by atoms with Crippen LogP contribution in [-0.4, -0.2) is 64.7 Å². The number of aromatic nitrogens is 1. The lowest BCUT2D eigenvalue weighted by Gasteiger charge is -2.30. The van der Waals surface area contributed by atoms with Crippen LogP contribution in [0.4, 0.5) is 0 Å². The van der Waals surface area contributed by atoms with Gasteiger partial charge in [-0.05, 0) is 44.4 Å². The Morgan fingerprint density at radius 1 is 1.19 bits per heavy atom. The summed E-state index contributed by atoms with van der Waals surface area (Å²) in [6.45, 7) is 4.30. The van der Waals surface area contributed by atoms with E-state index in [4.69, 9.17) is 5.11 Å². The highest BCUT2D eigenvalue weighted by molar-refractivity contribution is 5.92. The fraction of sp³-hybridized carbons (Fsp3) is 0.688. The van der Waals surface area contributed by atoms with Crippen LogP contribution >= 0.6 is 0 Å². The molecule has 0 unspecified atom stereocenters. The summed E-state index contributed by atoms with van der Waals surface area (Å²) in [6, 6.07) is 4.47. The number of amides is 1. The first-order valence-corrected chi connectivity index (χ1v) is 8.09. The minimum Gasteiger partial charge on any atom is -0.395 e. The molecule has 0 aromatic carbocycles. The molecule has 1 aromatic rings. The Morgan fingerprint density at radius 3 is 2.76 bits per heavy atom. The molecule has 21 heavy (non-hydrogen) atoms. The van der Waals surface area contributed by atoms with Crippen molar-refractivity contribution in [2.45, 2.75) is 31.7 Å². The van der Waals surface area contributed by atoms with Crippen molar-refractivity contribution in [3.8, 4) is 0 Å². The minimum atomic E-state index is 0.165. The predicted octanol–water partition coefficient (Wildman–Crippen LogP) is 1.35. The van der Waals surface area contributed by atoms with Crippen molar-refractivity contribution in [2.24, 2.45) is 0 Å². The molecule has 2 fully saturated rings. The summed E-state index contributed by atoms with van der Waals surface area (Å²) >= 11 is 0. The third kappa shape index (κ3) is 3.14. The topological polar surface area (TPSA) is 48.7 Å². The Bertz CT molecular complexity index is 482. The van der Waals surface area contributed by atoms with Gasteiger partial charge in [0.2, 0.25) is 0 Å². The second-order valence-corrected chi connectivity index (χ2v) is 6.10. The van der Waals surface area contributed by atoms with Crippen LogP contribution < -0.4 is 0 Å². The molecule has 0 radical (unpaired) electrons. The number of carbonyl (C=O) groups excluding carboxylic acids is 1. The number of aliphatic hydroxyl groups excluding tert-OH is 1. The highest BCUT2D eigenvalue weighted by atomic mass is 16.3. The Balaban J connectivity index is 1.66. The zero-order chi connectivity index (χ0) is 14.7. The van der Waals surface area contributed by atoms with E-state index in [1.165, 1.54) is 19.3 Å². The van der Waals surface area contributed by atoms with Gasteiger partial charge in [-0.2, -0.15) is 0 Å². The third-order valence-corrected chi connectivity index (χ3v) is 4.76. The lowest BCUT2D eigenvalue weighted by Crippen LogP contribution is -2.37. The number of β-amino-alcohol motifs (C(OH)–C–C–N with tert-alkyl or cyclic N) is 1.